The standard InChI is InChI=1S/C19H27N5O2.2ClH/c25-17(22-14-13-21-16-5-3-1-2-4-6-16)7-8-18-23-19(24-26-18)15-9-11-20-12-10-15;;/h9-12,16,21H,1-8,13-14H2,(H,22,25);2*1H. The van der Waals surface area contributed by atoms with Crippen LogP contribution < -0.4 is 10.6 Å². The number of nitrogens with one attached hydrogen (secondary N) is 2. The molecular weight excluding hydrogens is 401 g/mol. The first-order valence-electron chi connectivity index (χ1n) is 9.54. The molecule has 0 aliphatic heterocycles. The van der Waals surface area contributed by atoms with Crippen molar-refractivity contribution >= 4 is 30.7 Å². The lowest BCUT2D eigenvalue weighted by Crippen LogP contribution is -2.36. The summed E-state index contributed by atoms with van der Waals surface area (Å²) in [6, 6.07) is 4.25. The summed E-state index contributed by atoms with van der Waals surface area (Å²) in [5.74, 6) is 1.01. The predicted octanol–water partition coefficient (Wildman–Crippen LogP) is 3.34. The summed E-state index contributed by atoms with van der Waals surface area (Å²) < 4.78 is 5.21. The second kappa shape index (κ2) is 13.5. The molecule has 2 heterocycles. The third kappa shape index (κ3) is 8.12. The van der Waals surface area contributed by atoms with E-state index in [1.54, 1.807) is 12.4 Å². The Hall–Kier alpha value is -1.70. The summed E-state index contributed by atoms with van der Waals surface area (Å²) in [7, 11) is 0. The average Bonchev–Trinajstić information content (AvgIpc) is 3.00. The second-order valence-corrected chi connectivity index (χ2v) is 6.74. The molecule has 0 aromatic carbocycles. The summed E-state index contributed by atoms with van der Waals surface area (Å²) in [4.78, 5) is 20.2. The number of carbonyl (C=O) groups is 1. The van der Waals surface area contributed by atoms with Gasteiger partial charge in [-0.05, 0) is 25.0 Å². The molecule has 1 aliphatic rings. The van der Waals surface area contributed by atoms with Crippen molar-refractivity contribution < 1.29 is 9.32 Å². The molecule has 156 valence electrons. The molecule has 0 spiro atoms. The van der Waals surface area contributed by atoms with Gasteiger partial charge in [0.25, 0.3) is 0 Å². The minimum Gasteiger partial charge on any atom is -0.355 e. The highest BCUT2D eigenvalue weighted by Gasteiger charge is 2.12. The van der Waals surface area contributed by atoms with Gasteiger partial charge in [0, 0.05) is 49.9 Å². The lowest BCUT2D eigenvalue weighted by molar-refractivity contribution is -0.121. The summed E-state index contributed by atoms with van der Waals surface area (Å²) in [6.45, 7) is 1.48. The summed E-state index contributed by atoms with van der Waals surface area (Å²) >= 11 is 0. The van der Waals surface area contributed by atoms with Crippen LogP contribution in [-0.4, -0.2) is 40.2 Å². The van der Waals surface area contributed by atoms with E-state index >= 15 is 0 Å². The first-order valence-corrected chi connectivity index (χ1v) is 9.54. The van der Waals surface area contributed by atoms with Crippen LogP contribution in [0.5, 0.6) is 0 Å². The van der Waals surface area contributed by atoms with E-state index in [9.17, 15) is 4.79 Å². The lowest BCUT2D eigenvalue weighted by atomic mass is 10.1. The zero-order chi connectivity index (χ0) is 18.0. The third-order valence-electron chi connectivity index (χ3n) is 4.71. The fourth-order valence-corrected chi connectivity index (χ4v) is 3.25. The lowest BCUT2D eigenvalue weighted by Gasteiger charge is -2.16. The van der Waals surface area contributed by atoms with Crippen molar-refractivity contribution in [2.24, 2.45) is 0 Å². The van der Waals surface area contributed by atoms with Gasteiger partial charge in [0.15, 0.2) is 0 Å². The van der Waals surface area contributed by atoms with Crippen molar-refractivity contribution in [1.29, 1.82) is 0 Å². The molecule has 9 heteroatoms. The third-order valence-corrected chi connectivity index (χ3v) is 4.71. The van der Waals surface area contributed by atoms with E-state index < -0.39 is 0 Å². The zero-order valence-corrected chi connectivity index (χ0v) is 17.6. The van der Waals surface area contributed by atoms with E-state index in [1.807, 2.05) is 12.1 Å². The van der Waals surface area contributed by atoms with E-state index in [-0.39, 0.29) is 30.7 Å². The number of amides is 1. The number of aromatic nitrogens is 3. The van der Waals surface area contributed by atoms with E-state index in [4.69, 9.17) is 4.52 Å². The van der Waals surface area contributed by atoms with Crippen molar-refractivity contribution in [1.82, 2.24) is 25.8 Å². The van der Waals surface area contributed by atoms with Gasteiger partial charge in [-0.2, -0.15) is 4.98 Å². The number of carbonyl (C=O) groups excluding carboxylic acids is 1. The Morgan fingerprint density at radius 1 is 1.07 bits per heavy atom. The van der Waals surface area contributed by atoms with Crippen molar-refractivity contribution in [3.63, 3.8) is 0 Å². The topological polar surface area (TPSA) is 92.9 Å². The molecule has 2 aromatic heterocycles. The molecule has 2 N–H and O–H groups in total. The normalized spacial score (nSPS) is 14.4. The van der Waals surface area contributed by atoms with Crippen LogP contribution in [-0.2, 0) is 11.2 Å². The summed E-state index contributed by atoms with van der Waals surface area (Å²) in [5.41, 5.74) is 0.851. The van der Waals surface area contributed by atoms with E-state index in [0.29, 0.717) is 37.1 Å². The highest BCUT2D eigenvalue weighted by atomic mass is 35.5. The average molecular weight is 430 g/mol. The number of aryl methyl sites for hydroxylation is 1. The number of rotatable bonds is 8. The van der Waals surface area contributed by atoms with Gasteiger partial charge in [-0.25, -0.2) is 0 Å². The Kier molecular flexibility index (Phi) is 11.7. The molecule has 2 aromatic rings. The SMILES string of the molecule is Cl.Cl.O=C(CCc1nc(-c2ccncc2)no1)NCCNC1CCCCCC1. The predicted molar refractivity (Wildman–Crippen MR) is 113 cm³/mol. The highest BCUT2D eigenvalue weighted by molar-refractivity contribution is 5.85. The van der Waals surface area contributed by atoms with E-state index in [0.717, 1.165) is 12.1 Å². The van der Waals surface area contributed by atoms with Gasteiger partial charge < -0.3 is 15.2 Å². The van der Waals surface area contributed by atoms with Gasteiger partial charge in [0.05, 0.1) is 0 Å². The van der Waals surface area contributed by atoms with Crippen LogP contribution in [0.25, 0.3) is 11.4 Å². The zero-order valence-electron chi connectivity index (χ0n) is 15.9. The summed E-state index contributed by atoms with van der Waals surface area (Å²) in [5, 5.41) is 10.4. The maximum atomic E-state index is 12.0. The van der Waals surface area contributed by atoms with Gasteiger partial charge in [-0.15, -0.1) is 24.8 Å². The molecule has 0 saturated heterocycles. The molecular formula is C19H29Cl2N5O2. The minimum atomic E-state index is 0. The highest BCUT2D eigenvalue weighted by Crippen LogP contribution is 2.17. The maximum absolute atomic E-state index is 12.0. The first kappa shape index (κ1) is 24.3. The minimum absolute atomic E-state index is 0. The van der Waals surface area contributed by atoms with Crippen molar-refractivity contribution in [2.75, 3.05) is 13.1 Å². The van der Waals surface area contributed by atoms with Crippen LogP contribution in [0, 0.1) is 0 Å². The maximum Gasteiger partial charge on any atom is 0.227 e. The molecule has 1 aliphatic carbocycles. The monoisotopic (exact) mass is 429 g/mol. The smallest absolute Gasteiger partial charge is 0.227 e. The van der Waals surface area contributed by atoms with Crippen molar-refractivity contribution in [3.8, 4) is 11.4 Å². The molecule has 0 radical (unpaired) electrons. The van der Waals surface area contributed by atoms with E-state index in [1.165, 1.54) is 38.5 Å². The molecule has 1 saturated carbocycles. The number of hydrogen-bond acceptors (Lipinski definition) is 6. The van der Waals surface area contributed by atoms with Crippen LogP contribution in [0.4, 0.5) is 0 Å². The number of halogens is 2. The molecule has 28 heavy (non-hydrogen) atoms. The Balaban J connectivity index is 0.00000196. The van der Waals surface area contributed by atoms with Crippen molar-refractivity contribution in [3.05, 3.63) is 30.4 Å². The van der Waals surface area contributed by atoms with Crippen LogP contribution in [0.3, 0.4) is 0 Å². The van der Waals surface area contributed by atoms with Gasteiger partial charge in [0.1, 0.15) is 0 Å². The molecule has 0 atom stereocenters. The van der Waals surface area contributed by atoms with Crippen molar-refractivity contribution in [2.45, 2.75) is 57.4 Å². The van der Waals surface area contributed by atoms with Crippen LogP contribution in [0.2, 0.25) is 0 Å². The largest absolute Gasteiger partial charge is 0.355 e. The molecule has 1 fully saturated rings. The Bertz CT molecular complexity index is 676. The summed E-state index contributed by atoms with van der Waals surface area (Å²) in [6.07, 6.45) is 12.0. The molecule has 1 amide bonds. The molecule has 0 bridgehead atoms. The van der Waals surface area contributed by atoms with Gasteiger partial charge in [-0.1, -0.05) is 30.8 Å². The van der Waals surface area contributed by atoms with Crippen LogP contribution >= 0.6 is 24.8 Å². The number of pyridine rings is 1. The first-order chi connectivity index (χ1) is 12.8. The van der Waals surface area contributed by atoms with Gasteiger partial charge in [-0.3, -0.25) is 9.78 Å². The number of hydrogen-bond donors (Lipinski definition) is 2. The Morgan fingerprint density at radius 3 is 2.50 bits per heavy atom. The fourth-order valence-electron chi connectivity index (χ4n) is 3.25. The molecule has 7 nitrogen and oxygen atoms in total. The van der Waals surface area contributed by atoms with Gasteiger partial charge in [0.2, 0.25) is 17.6 Å². The van der Waals surface area contributed by atoms with Crippen LogP contribution in [0.1, 0.15) is 50.8 Å². The molecule has 0 unspecified atom stereocenters. The molecule has 3 rings (SSSR count). The number of nitrogens with zero attached hydrogens (tertiary/aromatic N) is 3. The van der Waals surface area contributed by atoms with Crippen LogP contribution in [0.15, 0.2) is 29.0 Å². The Morgan fingerprint density at radius 2 is 1.79 bits per heavy atom. The van der Waals surface area contributed by atoms with E-state index in [2.05, 4.69) is 25.8 Å². The Labute approximate surface area is 178 Å². The quantitative estimate of drug-likeness (QED) is 0.493. The fraction of sp³-hybridized carbons (Fsp3) is 0.579. The second-order valence-electron chi connectivity index (χ2n) is 6.74. The van der Waals surface area contributed by atoms with Gasteiger partial charge >= 0.3 is 0 Å².